The van der Waals surface area contributed by atoms with Crippen molar-refractivity contribution in [3.63, 3.8) is 0 Å². The fraction of sp³-hybridized carbons (Fsp3) is 0.0870. The Morgan fingerprint density at radius 2 is 1.97 bits per heavy atom. The van der Waals surface area contributed by atoms with Crippen LogP contribution in [-0.4, -0.2) is 35.2 Å². The molecule has 0 spiro atoms. The molecule has 0 radical (unpaired) electrons. The normalized spacial score (nSPS) is 11.8. The van der Waals surface area contributed by atoms with Crippen LogP contribution in [0.1, 0.15) is 5.56 Å². The minimum atomic E-state index is 0.0899. The predicted molar refractivity (Wildman–Crippen MR) is 137 cm³/mol. The SMILES string of the molecule is COc1ccc(-c2csc(=Nc3cccnc3)n2N=Cc2cc(Br)cc(Br)c2O)c(OC)c1. The van der Waals surface area contributed by atoms with Crippen molar-refractivity contribution in [1.29, 1.82) is 0 Å². The average molecular weight is 590 g/mol. The highest BCUT2D eigenvalue weighted by atomic mass is 79.9. The number of pyridine rings is 1. The first-order chi connectivity index (χ1) is 16.0. The standard InChI is InChI=1S/C23H18Br2N4O3S/c1-31-17-5-6-18(21(10-17)32-2)20-13-33-23(28-16-4-3-7-26-12-16)29(20)27-11-14-8-15(24)9-19(25)22(14)30/h3-13,30H,1-2H3. The minimum absolute atomic E-state index is 0.0899. The van der Waals surface area contributed by atoms with Gasteiger partial charge in [-0.1, -0.05) is 15.9 Å². The summed E-state index contributed by atoms with van der Waals surface area (Å²) in [5, 5.41) is 17.1. The number of thiazole rings is 1. The number of nitrogens with zero attached hydrogens (tertiary/aromatic N) is 4. The topological polar surface area (TPSA) is 81.2 Å². The van der Waals surface area contributed by atoms with Crippen LogP contribution in [0, 0.1) is 0 Å². The Labute approximate surface area is 211 Å². The Morgan fingerprint density at radius 3 is 2.70 bits per heavy atom. The molecule has 2 aromatic carbocycles. The Kier molecular flexibility index (Phi) is 7.26. The third kappa shape index (κ3) is 5.18. The Morgan fingerprint density at radius 1 is 1.12 bits per heavy atom. The van der Waals surface area contributed by atoms with Crippen LogP contribution in [0.5, 0.6) is 17.2 Å². The van der Waals surface area contributed by atoms with Gasteiger partial charge in [0, 0.05) is 33.2 Å². The van der Waals surface area contributed by atoms with Crippen LogP contribution >= 0.6 is 43.2 Å². The fourth-order valence-corrected chi connectivity index (χ4v) is 5.12. The van der Waals surface area contributed by atoms with Crippen LogP contribution in [0.3, 0.4) is 0 Å². The van der Waals surface area contributed by atoms with Crippen LogP contribution in [0.15, 0.2) is 79.3 Å². The van der Waals surface area contributed by atoms with Crippen molar-refractivity contribution in [2.45, 2.75) is 0 Å². The van der Waals surface area contributed by atoms with Gasteiger partial charge in [-0.2, -0.15) is 5.10 Å². The number of ether oxygens (including phenoxy) is 2. The highest BCUT2D eigenvalue weighted by molar-refractivity contribution is 9.11. The van der Waals surface area contributed by atoms with Gasteiger partial charge in [0.15, 0.2) is 0 Å². The molecule has 4 rings (SSSR count). The summed E-state index contributed by atoms with van der Waals surface area (Å²) in [6, 6.07) is 12.8. The third-order valence-electron chi connectivity index (χ3n) is 4.61. The quantitative estimate of drug-likeness (QED) is 0.281. The molecule has 0 aliphatic heterocycles. The first-order valence-corrected chi connectivity index (χ1v) is 12.1. The van der Waals surface area contributed by atoms with Crippen molar-refractivity contribution >= 4 is 55.1 Å². The molecular weight excluding hydrogens is 572 g/mol. The summed E-state index contributed by atoms with van der Waals surface area (Å²) in [6.45, 7) is 0. The van der Waals surface area contributed by atoms with Gasteiger partial charge in [-0.05, 0) is 52.3 Å². The molecule has 10 heteroatoms. The van der Waals surface area contributed by atoms with Gasteiger partial charge in [0.05, 0.1) is 42.5 Å². The third-order valence-corrected chi connectivity index (χ3v) is 6.49. The fourth-order valence-electron chi connectivity index (χ4n) is 3.02. The minimum Gasteiger partial charge on any atom is -0.506 e. The second-order valence-electron chi connectivity index (χ2n) is 6.67. The van der Waals surface area contributed by atoms with Gasteiger partial charge in [-0.3, -0.25) is 4.98 Å². The maximum absolute atomic E-state index is 10.5. The number of halogens is 2. The van der Waals surface area contributed by atoms with Crippen LogP contribution < -0.4 is 14.3 Å². The van der Waals surface area contributed by atoms with Gasteiger partial charge in [-0.25, -0.2) is 9.67 Å². The molecule has 0 saturated carbocycles. The molecule has 0 saturated heterocycles. The van der Waals surface area contributed by atoms with E-state index in [1.165, 1.54) is 11.3 Å². The van der Waals surface area contributed by atoms with Gasteiger partial charge in [0.1, 0.15) is 17.2 Å². The molecule has 168 valence electrons. The highest BCUT2D eigenvalue weighted by Crippen LogP contribution is 2.34. The molecule has 4 aromatic rings. The molecule has 0 atom stereocenters. The zero-order valence-electron chi connectivity index (χ0n) is 17.6. The first-order valence-electron chi connectivity index (χ1n) is 9.60. The summed E-state index contributed by atoms with van der Waals surface area (Å²) in [5.74, 6) is 1.41. The number of methoxy groups -OCH3 is 2. The van der Waals surface area contributed by atoms with E-state index < -0.39 is 0 Å². The lowest BCUT2D eigenvalue weighted by Crippen LogP contribution is -2.12. The van der Waals surface area contributed by atoms with Crippen molar-refractivity contribution < 1.29 is 14.6 Å². The first kappa shape index (κ1) is 23.2. The second-order valence-corrected chi connectivity index (χ2v) is 9.28. The number of aromatic nitrogens is 2. The van der Waals surface area contributed by atoms with Crippen LogP contribution in [-0.2, 0) is 0 Å². The van der Waals surface area contributed by atoms with Gasteiger partial charge < -0.3 is 14.6 Å². The number of benzene rings is 2. The highest BCUT2D eigenvalue weighted by Gasteiger charge is 2.14. The molecule has 0 aliphatic rings. The predicted octanol–water partition coefficient (Wildman–Crippen LogP) is 5.97. The molecule has 2 heterocycles. The van der Waals surface area contributed by atoms with Crippen molar-refractivity contribution in [2.75, 3.05) is 14.2 Å². The van der Waals surface area contributed by atoms with Gasteiger partial charge in [0.2, 0.25) is 4.80 Å². The van der Waals surface area contributed by atoms with E-state index in [1.807, 2.05) is 35.7 Å². The van der Waals surface area contributed by atoms with Crippen LogP contribution in [0.2, 0.25) is 0 Å². The van der Waals surface area contributed by atoms with Crippen LogP contribution in [0.25, 0.3) is 11.3 Å². The smallest absolute Gasteiger partial charge is 0.211 e. The van der Waals surface area contributed by atoms with Gasteiger partial charge >= 0.3 is 0 Å². The van der Waals surface area contributed by atoms with E-state index in [9.17, 15) is 5.11 Å². The summed E-state index contributed by atoms with van der Waals surface area (Å²) >= 11 is 8.23. The zero-order chi connectivity index (χ0) is 23.4. The Bertz CT molecular complexity index is 1380. The lowest BCUT2D eigenvalue weighted by Gasteiger charge is -2.11. The van der Waals surface area contributed by atoms with Crippen molar-refractivity contribution in [1.82, 2.24) is 9.66 Å². The second kappa shape index (κ2) is 10.3. The monoisotopic (exact) mass is 588 g/mol. The molecule has 33 heavy (non-hydrogen) atoms. The average Bonchev–Trinajstić information content (AvgIpc) is 3.22. The molecule has 0 bridgehead atoms. The lowest BCUT2D eigenvalue weighted by atomic mass is 10.1. The number of aromatic hydroxyl groups is 1. The molecule has 0 unspecified atom stereocenters. The Hall–Kier alpha value is -2.95. The summed E-state index contributed by atoms with van der Waals surface area (Å²) in [6.07, 6.45) is 4.96. The van der Waals surface area contributed by atoms with E-state index in [0.29, 0.717) is 32.0 Å². The zero-order valence-corrected chi connectivity index (χ0v) is 21.6. The van der Waals surface area contributed by atoms with E-state index in [4.69, 9.17) is 14.5 Å². The van der Waals surface area contributed by atoms with E-state index in [-0.39, 0.29) is 5.75 Å². The van der Waals surface area contributed by atoms with Gasteiger partial charge in [0.25, 0.3) is 0 Å². The van der Waals surface area contributed by atoms with Crippen molar-refractivity contribution in [3.05, 3.63) is 79.5 Å². The molecular formula is C23H18Br2N4O3S. The summed E-state index contributed by atoms with van der Waals surface area (Å²) < 4.78 is 14.0. The maximum Gasteiger partial charge on any atom is 0.211 e. The summed E-state index contributed by atoms with van der Waals surface area (Å²) in [7, 11) is 3.22. The number of phenolic OH excluding ortho intramolecular Hbond substituents is 1. The van der Waals surface area contributed by atoms with E-state index in [2.05, 4.69) is 41.9 Å². The molecule has 1 N–H and O–H groups in total. The van der Waals surface area contributed by atoms with E-state index >= 15 is 0 Å². The molecule has 7 nitrogen and oxygen atoms in total. The maximum atomic E-state index is 10.5. The van der Waals surface area contributed by atoms with E-state index in [0.717, 1.165) is 15.7 Å². The Balaban J connectivity index is 1.90. The molecule has 0 fully saturated rings. The van der Waals surface area contributed by atoms with Crippen molar-refractivity contribution in [3.8, 4) is 28.5 Å². The van der Waals surface area contributed by atoms with E-state index in [1.54, 1.807) is 49.6 Å². The van der Waals surface area contributed by atoms with Gasteiger partial charge in [-0.15, -0.1) is 11.3 Å². The number of hydrogen-bond acceptors (Lipinski definition) is 7. The summed E-state index contributed by atoms with van der Waals surface area (Å²) in [4.78, 5) is 9.46. The van der Waals surface area contributed by atoms with Crippen molar-refractivity contribution in [2.24, 2.45) is 10.1 Å². The lowest BCUT2D eigenvalue weighted by molar-refractivity contribution is 0.395. The number of phenols is 1. The molecule has 0 aliphatic carbocycles. The molecule has 2 aromatic heterocycles. The number of hydrogen-bond donors (Lipinski definition) is 1. The summed E-state index contributed by atoms with van der Waals surface area (Å²) in [5.41, 5.74) is 2.82. The number of rotatable bonds is 6. The largest absolute Gasteiger partial charge is 0.506 e. The molecule has 0 amide bonds. The van der Waals surface area contributed by atoms with Crippen LogP contribution in [0.4, 0.5) is 5.69 Å².